The molecule has 100 valence electrons. The van der Waals surface area contributed by atoms with Crippen LogP contribution in [-0.2, 0) is 4.74 Å². The van der Waals surface area contributed by atoms with Gasteiger partial charge in [-0.1, -0.05) is 0 Å². The SMILES string of the molecule is OCCCCNc1ccc(N2CCOCC2)cc1. The van der Waals surface area contributed by atoms with Crippen molar-refractivity contribution >= 4 is 11.4 Å². The van der Waals surface area contributed by atoms with E-state index in [-0.39, 0.29) is 6.61 Å². The second kappa shape index (κ2) is 7.24. The number of hydrogen-bond donors (Lipinski definition) is 2. The number of aliphatic hydroxyl groups excluding tert-OH is 1. The number of morpholine rings is 1. The van der Waals surface area contributed by atoms with E-state index in [1.54, 1.807) is 0 Å². The topological polar surface area (TPSA) is 44.7 Å². The third kappa shape index (κ3) is 3.89. The van der Waals surface area contributed by atoms with Gasteiger partial charge in [0.25, 0.3) is 0 Å². The lowest BCUT2D eigenvalue weighted by Crippen LogP contribution is -2.36. The van der Waals surface area contributed by atoms with Crippen molar-refractivity contribution in [1.29, 1.82) is 0 Å². The van der Waals surface area contributed by atoms with E-state index in [4.69, 9.17) is 9.84 Å². The van der Waals surface area contributed by atoms with Crippen LogP contribution in [0.25, 0.3) is 0 Å². The van der Waals surface area contributed by atoms with Crippen molar-refractivity contribution in [3.05, 3.63) is 24.3 Å². The fourth-order valence-electron chi connectivity index (χ4n) is 2.08. The Hall–Kier alpha value is -1.26. The van der Waals surface area contributed by atoms with Crippen LogP contribution in [0.2, 0.25) is 0 Å². The Morgan fingerprint density at radius 1 is 1.11 bits per heavy atom. The maximum Gasteiger partial charge on any atom is 0.0642 e. The lowest BCUT2D eigenvalue weighted by molar-refractivity contribution is 0.122. The molecule has 0 bridgehead atoms. The number of rotatable bonds is 6. The van der Waals surface area contributed by atoms with E-state index in [0.717, 1.165) is 51.4 Å². The Morgan fingerprint density at radius 3 is 2.50 bits per heavy atom. The summed E-state index contributed by atoms with van der Waals surface area (Å²) in [5, 5.41) is 12.1. The largest absolute Gasteiger partial charge is 0.396 e. The molecule has 2 rings (SSSR count). The molecule has 1 aromatic carbocycles. The number of unbranched alkanes of at least 4 members (excludes halogenated alkanes) is 1. The van der Waals surface area contributed by atoms with Gasteiger partial charge in [-0.05, 0) is 37.1 Å². The van der Waals surface area contributed by atoms with Gasteiger partial charge in [-0.15, -0.1) is 0 Å². The molecule has 0 spiro atoms. The van der Waals surface area contributed by atoms with Crippen molar-refractivity contribution in [2.24, 2.45) is 0 Å². The van der Waals surface area contributed by atoms with Crippen LogP contribution in [0.15, 0.2) is 24.3 Å². The zero-order valence-electron chi connectivity index (χ0n) is 10.8. The molecule has 0 atom stereocenters. The molecule has 2 N–H and O–H groups in total. The van der Waals surface area contributed by atoms with E-state index in [2.05, 4.69) is 34.5 Å². The fourth-order valence-corrected chi connectivity index (χ4v) is 2.08. The summed E-state index contributed by atoms with van der Waals surface area (Å²) < 4.78 is 5.35. The molecule has 0 aliphatic carbocycles. The molecule has 18 heavy (non-hydrogen) atoms. The summed E-state index contributed by atoms with van der Waals surface area (Å²) in [6.45, 7) is 4.78. The van der Waals surface area contributed by atoms with E-state index in [9.17, 15) is 0 Å². The van der Waals surface area contributed by atoms with Gasteiger partial charge < -0.3 is 20.1 Å². The van der Waals surface area contributed by atoms with Crippen LogP contribution in [0.3, 0.4) is 0 Å². The average molecular weight is 250 g/mol. The number of anilines is 2. The summed E-state index contributed by atoms with van der Waals surface area (Å²) in [7, 11) is 0. The lowest BCUT2D eigenvalue weighted by Gasteiger charge is -2.28. The molecule has 0 saturated carbocycles. The van der Waals surface area contributed by atoms with Crippen molar-refractivity contribution in [2.45, 2.75) is 12.8 Å². The molecule has 0 radical (unpaired) electrons. The Bertz CT molecular complexity index is 334. The summed E-state index contributed by atoms with van der Waals surface area (Å²) in [5.74, 6) is 0. The minimum Gasteiger partial charge on any atom is -0.396 e. The van der Waals surface area contributed by atoms with Crippen LogP contribution >= 0.6 is 0 Å². The van der Waals surface area contributed by atoms with Gasteiger partial charge in [0.1, 0.15) is 0 Å². The van der Waals surface area contributed by atoms with Crippen molar-refractivity contribution in [2.75, 3.05) is 49.7 Å². The van der Waals surface area contributed by atoms with Gasteiger partial charge in [0.15, 0.2) is 0 Å². The van der Waals surface area contributed by atoms with Crippen LogP contribution in [0.1, 0.15) is 12.8 Å². The molecule has 1 aliphatic rings. The quantitative estimate of drug-likeness (QED) is 0.754. The Labute approximate surface area is 109 Å². The van der Waals surface area contributed by atoms with Crippen molar-refractivity contribution < 1.29 is 9.84 Å². The Kier molecular flexibility index (Phi) is 5.30. The third-order valence-electron chi connectivity index (χ3n) is 3.16. The predicted molar refractivity (Wildman–Crippen MR) is 74.3 cm³/mol. The van der Waals surface area contributed by atoms with E-state index in [0.29, 0.717) is 0 Å². The van der Waals surface area contributed by atoms with Gasteiger partial charge >= 0.3 is 0 Å². The first-order valence-electron chi connectivity index (χ1n) is 6.67. The highest BCUT2D eigenvalue weighted by Crippen LogP contribution is 2.18. The van der Waals surface area contributed by atoms with E-state index >= 15 is 0 Å². The van der Waals surface area contributed by atoms with Gasteiger partial charge in [-0.25, -0.2) is 0 Å². The number of benzene rings is 1. The summed E-state index contributed by atoms with van der Waals surface area (Å²) in [6, 6.07) is 8.53. The number of nitrogens with zero attached hydrogens (tertiary/aromatic N) is 1. The Morgan fingerprint density at radius 2 is 1.83 bits per heavy atom. The number of nitrogens with one attached hydrogen (secondary N) is 1. The summed E-state index contributed by atoms with van der Waals surface area (Å²) in [6.07, 6.45) is 1.86. The first kappa shape index (κ1) is 13.2. The third-order valence-corrected chi connectivity index (χ3v) is 3.16. The zero-order chi connectivity index (χ0) is 12.6. The van der Waals surface area contributed by atoms with Crippen LogP contribution < -0.4 is 10.2 Å². The lowest BCUT2D eigenvalue weighted by atomic mass is 10.2. The fraction of sp³-hybridized carbons (Fsp3) is 0.571. The van der Waals surface area contributed by atoms with Gasteiger partial charge in [-0.3, -0.25) is 0 Å². The second-order valence-corrected chi connectivity index (χ2v) is 4.50. The first-order valence-corrected chi connectivity index (χ1v) is 6.67. The maximum absolute atomic E-state index is 8.70. The molecule has 0 amide bonds. The van der Waals surface area contributed by atoms with Crippen LogP contribution in [0.5, 0.6) is 0 Å². The number of aliphatic hydroxyl groups is 1. The molecule has 0 unspecified atom stereocenters. The molecule has 4 nitrogen and oxygen atoms in total. The van der Waals surface area contributed by atoms with E-state index in [1.807, 2.05) is 0 Å². The highest BCUT2D eigenvalue weighted by Gasteiger charge is 2.10. The Balaban J connectivity index is 1.81. The molecule has 1 heterocycles. The normalized spacial score (nSPS) is 15.7. The van der Waals surface area contributed by atoms with Crippen LogP contribution in [0.4, 0.5) is 11.4 Å². The van der Waals surface area contributed by atoms with Crippen molar-refractivity contribution in [3.8, 4) is 0 Å². The average Bonchev–Trinajstić information content (AvgIpc) is 2.45. The van der Waals surface area contributed by atoms with Crippen LogP contribution in [0, 0.1) is 0 Å². The summed E-state index contributed by atoms with van der Waals surface area (Å²) in [4.78, 5) is 2.35. The molecule has 1 fully saturated rings. The predicted octanol–water partition coefficient (Wildman–Crippen LogP) is 1.71. The number of ether oxygens (including phenoxy) is 1. The van der Waals surface area contributed by atoms with E-state index in [1.165, 1.54) is 5.69 Å². The smallest absolute Gasteiger partial charge is 0.0642 e. The highest BCUT2D eigenvalue weighted by atomic mass is 16.5. The zero-order valence-corrected chi connectivity index (χ0v) is 10.8. The summed E-state index contributed by atoms with van der Waals surface area (Å²) in [5.41, 5.74) is 2.41. The summed E-state index contributed by atoms with van der Waals surface area (Å²) >= 11 is 0. The number of hydrogen-bond acceptors (Lipinski definition) is 4. The molecule has 1 saturated heterocycles. The van der Waals surface area contributed by atoms with Gasteiger partial charge in [0.2, 0.25) is 0 Å². The van der Waals surface area contributed by atoms with E-state index < -0.39 is 0 Å². The van der Waals surface area contributed by atoms with Gasteiger partial charge in [0, 0.05) is 37.6 Å². The molecular formula is C14H22N2O2. The molecular weight excluding hydrogens is 228 g/mol. The van der Waals surface area contributed by atoms with Crippen molar-refractivity contribution in [3.63, 3.8) is 0 Å². The minimum atomic E-state index is 0.275. The molecule has 1 aromatic rings. The molecule has 4 heteroatoms. The first-order chi connectivity index (χ1) is 8.90. The van der Waals surface area contributed by atoms with Crippen LogP contribution in [-0.4, -0.2) is 44.6 Å². The standard InChI is InChI=1S/C14H22N2O2/c17-10-2-1-7-15-13-3-5-14(6-4-13)16-8-11-18-12-9-16/h3-6,15,17H,1-2,7-12H2. The monoisotopic (exact) mass is 250 g/mol. The second-order valence-electron chi connectivity index (χ2n) is 4.50. The van der Waals surface area contributed by atoms with Gasteiger partial charge in [0.05, 0.1) is 13.2 Å². The van der Waals surface area contributed by atoms with Gasteiger partial charge in [-0.2, -0.15) is 0 Å². The highest BCUT2D eigenvalue weighted by molar-refractivity contribution is 5.55. The maximum atomic E-state index is 8.70. The van der Waals surface area contributed by atoms with Crippen molar-refractivity contribution in [1.82, 2.24) is 0 Å². The minimum absolute atomic E-state index is 0.275. The molecule has 1 aliphatic heterocycles. The molecule has 0 aromatic heterocycles.